The molecule has 17 heavy (non-hydrogen) atoms. The third-order valence-corrected chi connectivity index (χ3v) is 4.50. The van der Waals surface area contributed by atoms with E-state index in [1.54, 1.807) is 11.3 Å². The maximum absolute atomic E-state index is 12.2. The lowest BCUT2D eigenvalue weighted by atomic mass is 10.1. The summed E-state index contributed by atoms with van der Waals surface area (Å²) in [6, 6.07) is 4.04. The van der Waals surface area contributed by atoms with Crippen LogP contribution in [0.15, 0.2) is 12.1 Å². The molecule has 2 heterocycles. The molecule has 1 N–H and O–H groups in total. The Hall–Kier alpha value is -0.870. The smallest absolute Gasteiger partial charge is 0.263 e. The van der Waals surface area contributed by atoms with Gasteiger partial charge in [-0.1, -0.05) is 6.92 Å². The maximum atomic E-state index is 12.2. The van der Waals surface area contributed by atoms with E-state index < -0.39 is 0 Å². The molecule has 1 saturated heterocycles. The van der Waals surface area contributed by atoms with Crippen molar-refractivity contribution in [1.82, 2.24) is 10.2 Å². The van der Waals surface area contributed by atoms with E-state index in [0.717, 1.165) is 37.4 Å². The van der Waals surface area contributed by atoms with Crippen LogP contribution in [0.3, 0.4) is 0 Å². The van der Waals surface area contributed by atoms with Gasteiger partial charge in [0.1, 0.15) is 0 Å². The molecule has 0 aromatic carbocycles. The molecule has 0 spiro atoms. The first-order valence-electron chi connectivity index (χ1n) is 6.27. The van der Waals surface area contributed by atoms with E-state index in [1.165, 1.54) is 4.88 Å². The van der Waals surface area contributed by atoms with Crippen molar-refractivity contribution in [1.29, 1.82) is 0 Å². The molecule has 1 aromatic heterocycles. The first kappa shape index (κ1) is 12.6. The SMILES string of the molecule is CCc1ccc(C(=O)N2CC[C@H](CNC)C2)s1. The molecular weight excluding hydrogens is 232 g/mol. The molecule has 94 valence electrons. The Kier molecular flexibility index (Phi) is 4.18. The maximum Gasteiger partial charge on any atom is 0.263 e. The molecule has 1 aromatic rings. The summed E-state index contributed by atoms with van der Waals surface area (Å²) in [5.74, 6) is 0.836. The number of amides is 1. The molecule has 2 rings (SSSR count). The number of carbonyl (C=O) groups is 1. The molecule has 0 unspecified atom stereocenters. The van der Waals surface area contributed by atoms with Crippen LogP contribution in [0, 0.1) is 5.92 Å². The second-order valence-corrected chi connectivity index (χ2v) is 5.75. The lowest BCUT2D eigenvalue weighted by Gasteiger charge is -2.15. The van der Waals surface area contributed by atoms with E-state index in [9.17, 15) is 4.79 Å². The van der Waals surface area contributed by atoms with Gasteiger partial charge in [0.25, 0.3) is 5.91 Å². The number of carbonyl (C=O) groups excluding carboxylic acids is 1. The van der Waals surface area contributed by atoms with Gasteiger partial charge < -0.3 is 10.2 Å². The number of hydrogen-bond acceptors (Lipinski definition) is 3. The van der Waals surface area contributed by atoms with Gasteiger partial charge in [-0.05, 0) is 44.5 Å². The topological polar surface area (TPSA) is 32.3 Å². The van der Waals surface area contributed by atoms with Crippen LogP contribution in [-0.4, -0.2) is 37.5 Å². The Balaban J connectivity index is 1.96. The van der Waals surface area contributed by atoms with Crippen molar-refractivity contribution in [2.24, 2.45) is 5.92 Å². The van der Waals surface area contributed by atoms with Gasteiger partial charge >= 0.3 is 0 Å². The molecule has 4 heteroatoms. The van der Waals surface area contributed by atoms with E-state index in [1.807, 2.05) is 18.0 Å². The fourth-order valence-electron chi connectivity index (χ4n) is 2.31. The second-order valence-electron chi connectivity index (χ2n) is 4.58. The lowest BCUT2D eigenvalue weighted by Crippen LogP contribution is -2.29. The van der Waals surface area contributed by atoms with E-state index >= 15 is 0 Å². The van der Waals surface area contributed by atoms with Crippen LogP contribution < -0.4 is 5.32 Å². The van der Waals surface area contributed by atoms with Crippen molar-refractivity contribution in [2.45, 2.75) is 19.8 Å². The Morgan fingerprint density at radius 2 is 2.41 bits per heavy atom. The van der Waals surface area contributed by atoms with Gasteiger partial charge in [-0.3, -0.25) is 4.79 Å². The number of nitrogens with one attached hydrogen (secondary N) is 1. The van der Waals surface area contributed by atoms with Crippen LogP contribution in [-0.2, 0) is 6.42 Å². The van der Waals surface area contributed by atoms with Crippen molar-refractivity contribution in [3.05, 3.63) is 21.9 Å². The Morgan fingerprint density at radius 1 is 1.59 bits per heavy atom. The normalized spacial score (nSPS) is 19.9. The molecule has 1 aliphatic rings. The molecule has 3 nitrogen and oxygen atoms in total. The van der Waals surface area contributed by atoms with Crippen molar-refractivity contribution in [2.75, 3.05) is 26.7 Å². The predicted octanol–water partition coefficient (Wildman–Crippen LogP) is 1.99. The number of nitrogens with zero attached hydrogens (tertiary/aromatic N) is 1. The van der Waals surface area contributed by atoms with E-state index in [2.05, 4.69) is 18.3 Å². The van der Waals surface area contributed by atoms with E-state index in [-0.39, 0.29) is 5.91 Å². The van der Waals surface area contributed by atoms with Crippen molar-refractivity contribution >= 4 is 17.2 Å². The molecular formula is C13H20N2OS. The summed E-state index contributed by atoms with van der Waals surface area (Å²) < 4.78 is 0. The van der Waals surface area contributed by atoms with Crippen LogP contribution in [0.2, 0.25) is 0 Å². The summed E-state index contributed by atoms with van der Waals surface area (Å²) in [6.07, 6.45) is 2.14. The number of likely N-dealkylation sites (tertiary alicyclic amines) is 1. The fourth-order valence-corrected chi connectivity index (χ4v) is 3.23. The summed E-state index contributed by atoms with van der Waals surface area (Å²) >= 11 is 1.64. The minimum absolute atomic E-state index is 0.216. The highest BCUT2D eigenvalue weighted by Crippen LogP contribution is 2.22. The predicted molar refractivity (Wildman–Crippen MR) is 71.6 cm³/mol. The van der Waals surface area contributed by atoms with Gasteiger partial charge in [0.15, 0.2) is 0 Å². The van der Waals surface area contributed by atoms with Gasteiger partial charge in [0.2, 0.25) is 0 Å². The third-order valence-electron chi connectivity index (χ3n) is 3.29. The minimum Gasteiger partial charge on any atom is -0.338 e. The Bertz CT molecular complexity index is 389. The lowest BCUT2D eigenvalue weighted by molar-refractivity contribution is 0.0792. The molecule has 0 aliphatic carbocycles. The standard InChI is InChI=1S/C13H20N2OS/c1-3-11-4-5-12(17-11)13(16)15-7-6-10(9-15)8-14-2/h4-5,10,14H,3,6-9H2,1-2H3/t10-/m1/s1. The zero-order chi connectivity index (χ0) is 12.3. The molecule has 1 fully saturated rings. The Morgan fingerprint density at radius 3 is 3.06 bits per heavy atom. The largest absolute Gasteiger partial charge is 0.338 e. The minimum atomic E-state index is 0.216. The van der Waals surface area contributed by atoms with E-state index in [4.69, 9.17) is 0 Å². The second kappa shape index (κ2) is 5.65. The average molecular weight is 252 g/mol. The average Bonchev–Trinajstić information content (AvgIpc) is 2.97. The molecule has 1 aliphatic heterocycles. The first-order valence-corrected chi connectivity index (χ1v) is 7.08. The summed E-state index contributed by atoms with van der Waals surface area (Å²) in [7, 11) is 1.97. The van der Waals surface area contributed by atoms with Gasteiger partial charge in [-0.25, -0.2) is 0 Å². The zero-order valence-electron chi connectivity index (χ0n) is 10.5. The number of thiophene rings is 1. The number of aryl methyl sites for hydroxylation is 1. The molecule has 0 bridgehead atoms. The molecule has 1 atom stereocenters. The van der Waals surface area contributed by atoms with Gasteiger partial charge in [-0.15, -0.1) is 11.3 Å². The van der Waals surface area contributed by atoms with Crippen LogP contribution in [0.25, 0.3) is 0 Å². The van der Waals surface area contributed by atoms with Crippen LogP contribution in [0.5, 0.6) is 0 Å². The number of hydrogen-bond donors (Lipinski definition) is 1. The van der Waals surface area contributed by atoms with Crippen molar-refractivity contribution < 1.29 is 4.79 Å². The van der Waals surface area contributed by atoms with Gasteiger partial charge in [0.05, 0.1) is 4.88 Å². The van der Waals surface area contributed by atoms with Gasteiger partial charge in [0, 0.05) is 18.0 Å². The Labute approximate surface area is 107 Å². The molecule has 1 amide bonds. The van der Waals surface area contributed by atoms with Crippen molar-refractivity contribution in [3.8, 4) is 0 Å². The van der Waals surface area contributed by atoms with Crippen molar-refractivity contribution in [3.63, 3.8) is 0 Å². The highest BCUT2D eigenvalue weighted by atomic mass is 32.1. The third kappa shape index (κ3) is 2.87. The highest BCUT2D eigenvalue weighted by molar-refractivity contribution is 7.14. The monoisotopic (exact) mass is 252 g/mol. The molecule has 0 saturated carbocycles. The quantitative estimate of drug-likeness (QED) is 0.889. The summed E-state index contributed by atoms with van der Waals surface area (Å²) in [5, 5.41) is 3.19. The number of rotatable bonds is 4. The van der Waals surface area contributed by atoms with Crippen LogP contribution >= 0.6 is 11.3 Å². The van der Waals surface area contributed by atoms with Crippen LogP contribution in [0.4, 0.5) is 0 Å². The highest BCUT2D eigenvalue weighted by Gasteiger charge is 2.26. The van der Waals surface area contributed by atoms with Gasteiger partial charge in [-0.2, -0.15) is 0 Å². The van der Waals surface area contributed by atoms with Crippen LogP contribution in [0.1, 0.15) is 27.9 Å². The summed E-state index contributed by atoms with van der Waals surface area (Å²) in [6.45, 7) is 4.94. The molecule has 0 radical (unpaired) electrons. The fraction of sp³-hybridized carbons (Fsp3) is 0.615. The summed E-state index contributed by atoms with van der Waals surface area (Å²) in [4.78, 5) is 16.4. The first-order chi connectivity index (χ1) is 8.24. The zero-order valence-corrected chi connectivity index (χ0v) is 11.3. The van der Waals surface area contributed by atoms with E-state index in [0.29, 0.717) is 5.92 Å². The summed E-state index contributed by atoms with van der Waals surface area (Å²) in [5.41, 5.74) is 0.